The Balaban J connectivity index is 1.96. The lowest BCUT2D eigenvalue weighted by atomic mass is 10.00. The van der Waals surface area contributed by atoms with Gasteiger partial charge in [0, 0.05) is 25.0 Å². The molecular formula is C12H22N2O2. The van der Waals surface area contributed by atoms with E-state index in [1.54, 1.807) is 0 Å². The first kappa shape index (κ1) is 11.9. The third kappa shape index (κ3) is 1.96. The molecule has 4 nitrogen and oxygen atoms in total. The third-order valence-corrected chi connectivity index (χ3v) is 4.31. The molecule has 16 heavy (non-hydrogen) atoms. The van der Waals surface area contributed by atoms with Gasteiger partial charge in [-0.2, -0.15) is 0 Å². The van der Waals surface area contributed by atoms with Crippen LogP contribution in [0.25, 0.3) is 0 Å². The van der Waals surface area contributed by atoms with Gasteiger partial charge in [-0.1, -0.05) is 6.92 Å². The minimum Gasteiger partial charge on any atom is -0.393 e. The van der Waals surface area contributed by atoms with Crippen LogP contribution < -0.4 is 5.73 Å². The predicted octanol–water partition coefficient (Wildman–Crippen LogP) is 0.199. The van der Waals surface area contributed by atoms with Crippen molar-refractivity contribution in [3.63, 3.8) is 0 Å². The van der Waals surface area contributed by atoms with Gasteiger partial charge in [0.1, 0.15) is 0 Å². The molecule has 0 aromatic heterocycles. The van der Waals surface area contributed by atoms with Crippen molar-refractivity contribution in [2.75, 3.05) is 13.1 Å². The average molecular weight is 226 g/mol. The number of carbonyl (C=O) groups excluding carboxylic acids is 1. The second-order valence-electron chi connectivity index (χ2n) is 5.46. The first-order valence-corrected chi connectivity index (χ1v) is 6.23. The van der Waals surface area contributed by atoms with Gasteiger partial charge in [0.15, 0.2) is 0 Å². The smallest absolute Gasteiger partial charge is 0.226 e. The van der Waals surface area contributed by atoms with Crippen LogP contribution in [-0.2, 0) is 4.79 Å². The number of carbonyl (C=O) groups is 1. The molecule has 92 valence electrons. The zero-order chi connectivity index (χ0) is 11.9. The van der Waals surface area contributed by atoms with Crippen LogP contribution in [0.5, 0.6) is 0 Å². The van der Waals surface area contributed by atoms with Crippen LogP contribution in [0.2, 0.25) is 0 Å². The van der Waals surface area contributed by atoms with E-state index >= 15 is 0 Å². The topological polar surface area (TPSA) is 66.6 Å². The van der Waals surface area contributed by atoms with Gasteiger partial charge in [-0.25, -0.2) is 0 Å². The monoisotopic (exact) mass is 226 g/mol. The summed E-state index contributed by atoms with van der Waals surface area (Å²) in [5.74, 6) is 0.857. The maximum atomic E-state index is 12.1. The van der Waals surface area contributed by atoms with Crippen molar-refractivity contribution >= 4 is 5.91 Å². The molecular weight excluding hydrogens is 204 g/mol. The number of fused-ring (bicyclic) bond motifs is 1. The Morgan fingerprint density at radius 1 is 1.38 bits per heavy atom. The predicted molar refractivity (Wildman–Crippen MR) is 61.6 cm³/mol. The molecule has 0 spiro atoms. The zero-order valence-corrected chi connectivity index (χ0v) is 10.1. The van der Waals surface area contributed by atoms with E-state index in [0.29, 0.717) is 11.8 Å². The summed E-state index contributed by atoms with van der Waals surface area (Å²) in [5.41, 5.74) is 5.75. The lowest BCUT2D eigenvalue weighted by Crippen LogP contribution is -2.41. The fourth-order valence-electron chi connectivity index (χ4n) is 2.93. The molecule has 1 amide bonds. The number of likely N-dealkylation sites (tertiary alicyclic amines) is 1. The molecule has 1 heterocycles. The first-order valence-electron chi connectivity index (χ1n) is 6.23. The highest BCUT2D eigenvalue weighted by molar-refractivity contribution is 5.79. The van der Waals surface area contributed by atoms with Crippen LogP contribution in [0, 0.1) is 17.8 Å². The van der Waals surface area contributed by atoms with E-state index in [0.717, 1.165) is 25.9 Å². The van der Waals surface area contributed by atoms with Crippen LogP contribution in [0.15, 0.2) is 0 Å². The molecule has 0 aromatic rings. The normalized spacial score (nSPS) is 37.2. The summed E-state index contributed by atoms with van der Waals surface area (Å²) in [6.45, 7) is 5.30. The number of nitrogens with two attached hydrogens (primary N) is 1. The number of aliphatic hydroxyl groups excluding tert-OH is 1. The molecule has 1 saturated heterocycles. The van der Waals surface area contributed by atoms with Crippen LogP contribution in [0.1, 0.15) is 26.7 Å². The number of amides is 1. The molecule has 3 N–H and O–H groups in total. The van der Waals surface area contributed by atoms with Crippen LogP contribution in [0.3, 0.4) is 0 Å². The van der Waals surface area contributed by atoms with E-state index in [-0.39, 0.29) is 24.0 Å². The minimum atomic E-state index is -0.201. The first-order chi connectivity index (χ1) is 7.50. The number of nitrogens with zero attached hydrogens (tertiary/aromatic N) is 1. The van der Waals surface area contributed by atoms with Gasteiger partial charge < -0.3 is 15.7 Å². The molecule has 0 aromatic carbocycles. The maximum absolute atomic E-state index is 12.1. The summed E-state index contributed by atoms with van der Waals surface area (Å²) >= 11 is 0. The van der Waals surface area contributed by atoms with E-state index in [1.165, 1.54) is 0 Å². The second-order valence-corrected chi connectivity index (χ2v) is 5.46. The zero-order valence-electron chi connectivity index (χ0n) is 10.1. The van der Waals surface area contributed by atoms with Crippen LogP contribution >= 0.6 is 0 Å². The van der Waals surface area contributed by atoms with Gasteiger partial charge in [-0.15, -0.1) is 0 Å². The lowest BCUT2D eigenvalue weighted by molar-refractivity contribution is -0.134. The summed E-state index contributed by atoms with van der Waals surface area (Å²) in [5, 5.41) is 9.78. The summed E-state index contributed by atoms with van der Waals surface area (Å²) in [4.78, 5) is 14.0. The average Bonchev–Trinajstić information content (AvgIpc) is 2.79. The molecule has 0 bridgehead atoms. The molecule has 1 aliphatic heterocycles. The van der Waals surface area contributed by atoms with E-state index in [1.807, 2.05) is 18.7 Å². The Bertz CT molecular complexity index is 280. The van der Waals surface area contributed by atoms with E-state index in [4.69, 9.17) is 5.73 Å². The Morgan fingerprint density at radius 2 is 2.06 bits per heavy atom. The molecule has 5 unspecified atom stereocenters. The minimum absolute atomic E-state index is 0.0992. The number of rotatable bonds is 2. The Hall–Kier alpha value is -0.610. The van der Waals surface area contributed by atoms with Crippen molar-refractivity contribution in [1.29, 1.82) is 0 Å². The van der Waals surface area contributed by atoms with Crippen LogP contribution in [-0.4, -0.2) is 41.1 Å². The van der Waals surface area contributed by atoms with Crippen molar-refractivity contribution in [3.8, 4) is 0 Å². The largest absolute Gasteiger partial charge is 0.393 e. The molecule has 2 fully saturated rings. The van der Waals surface area contributed by atoms with Crippen LogP contribution in [0.4, 0.5) is 0 Å². The van der Waals surface area contributed by atoms with Gasteiger partial charge in [-0.3, -0.25) is 4.79 Å². The van der Waals surface area contributed by atoms with E-state index in [9.17, 15) is 9.90 Å². The van der Waals surface area contributed by atoms with E-state index in [2.05, 4.69) is 0 Å². The highest BCUT2D eigenvalue weighted by atomic mass is 16.3. The van der Waals surface area contributed by atoms with Crippen molar-refractivity contribution in [3.05, 3.63) is 0 Å². The molecule has 1 saturated carbocycles. The van der Waals surface area contributed by atoms with Crippen molar-refractivity contribution in [1.82, 2.24) is 4.90 Å². The molecule has 4 heteroatoms. The summed E-state index contributed by atoms with van der Waals surface area (Å²) < 4.78 is 0. The highest BCUT2D eigenvalue weighted by Crippen LogP contribution is 2.38. The Kier molecular flexibility index (Phi) is 3.22. The number of aliphatic hydroxyl groups is 1. The van der Waals surface area contributed by atoms with Gasteiger partial charge in [0.05, 0.1) is 12.0 Å². The third-order valence-electron chi connectivity index (χ3n) is 4.31. The SMILES string of the molecule is CC(N)C(C)C(=O)N1CC2CCC(O)C2C1. The van der Waals surface area contributed by atoms with Gasteiger partial charge in [0.25, 0.3) is 0 Å². The van der Waals surface area contributed by atoms with Crippen molar-refractivity contribution in [2.45, 2.75) is 38.8 Å². The summed E-state index contributed by atoms with van der Waals surface area (Å²) in [6.07, 6.45) is 1.76. The Morgan fingerprint density at radius 3 is 2.62 bits per heavy atom. The fraction of sp³-hybridized carbons (Fsp3) is 0.917. The molecule has 1 aliphatic carbocycles. The number of hydrogen-bond donors (Lipinski definition) is 2. The maximum Gasteiger partial charge on any atom is 0.226 e. The molecule has 0 radical (unpaired) electrons. The van der Waals surface area contributed by atoms with Gasteiger partial charge >= 0.3 is 0 Å². The summed E-state index contributed by atoms with van der Waals surface area (Å²) in [6, 6.07) is -0.0992. The fourth-order valence-corrected chi connectivity index (χ4v) is 2.93. The second kappa shape index (κ2) is 4.34. The molecule has 5 atom stereocenters. The highest BCUT2D eigenvalue weighted by Gasteiger charge is 2.44. The van der Waals surface area contributed by atoms with Gasteiger partial charge in [-0.05, 0) is 25.7 Å². The van der Waals surface area contributed by atoms with Crippen molar-refractivity contribution in [2.24, 2.45) is 23.5 Å². The van der Waals surface area contributed by atoms with Crippen molar-refractivity contribution < 1.29 is 9.90 Å². The van der Waals surface area contributed by atoms with E-state index < -0.39 is 0 Å². The molecule has 2 aliphatic rings. The number of hydrogen-bond acceptors (Lipinski definition) is 3. The standard InChI is InChI=1S/C12H22N2O2/c1-7(8(2)13)12(16)14-5-9-3-4-11(15)10(9)6-14/h7-11,15H,3-6,13H2,1-2H3. The summed E-state index contributed by atoms with van der Waals surface area (Å²) in [7, 11) is 0. The quantitative estimate of drug-likeness (QED) is 0.707. The molecule has 2 rings (SSSR count). The van der Waals surface area contributed by atoms with Gasteiger partial charge in [0.2, 0.25) is 5.91 Å². The lowest BCUT2D eigenvalue weighted by Gasteiger charge is -2.24. The Labute approximate surface area is 96.8 Å².